The fraction of sp³-hybridized carbons (Fsp3) is 0. The molecule has 0 spiro atoms. The Morgan fingerprint density at radius 2 is 1.43 bits per heavy atom. The fourth-order valence-electron chi connectivity index (χ4n) is 0.227. The molecule has 0 saturated heterocycles. The first-order chi connectivity index (χ1) is 2.50. The van der Waals surface area contributed by atoms with Crippen LogP contribution in [0.15, 0.2) is 22.9 Å². The Labute approximate surface area is 49.5 Å². The van der Waals surface area contributed by atoms with Crippen molar-refractivity contribution in [2.24, 2.45) is 0 Å². The highest BCUT2D eigenvalue weighted by molar-refractivity contribution is 7.07. The first kappa shape index (κ1) is 9.87. The molecule has 1 heterocycles. The zero-order chi connectivity index (χ0) is 3.54. The molecular weight excluding hydrogens is 105 g/mol. The number of hydrogen-bond donors (Lipinski definition) is 1. The van der Waals surface area contributed by atoms with Gasteiger partial charge in [0.15, 0.2) is 0 Å². The van der Waals surface area contributed by atoms with Crippen LogP contribution in [0.5, 0.6) is 0 Å². The second-order valence-corrected chi connectivity index (χ2v) is 1.61. The quantitative estimate of drug-likeness (QED) is 0.507. The summed E-state index contributed by atoms with van der Waals surface area (Å²) in [6.07, 6.45) is 0. The van der Waals surface area contributed by atoms with E-state index in [-0.39, 0.29) is 14.6 Å². The lowest BCUT2D eigenvalue weighted by Crippen LogP contribution is -1.16. The molecule has 0 aliphatic heterocycles. The van der Waals surface area contributed by atoms with Gasteiger partial charge in [0.05, 0.1) is 0 Å². The summed E-state index contributed by atoms with van der Waals surface area (Å²) in [5.41, 5.74) is 0. The van der Waals surface area contributed by atoms with Gasteiger partial charge >= 0.3 is 0 Å². The van der Waals surface area contributed by atoms with Gasteiger partial charge in [0.25, 0.3) is 0 Å². The predicted molar refractivity (Wildman–Crippen MR) is 35.1 cm³/mol. The van der Waals surface area contributed by atoms with Gasteiger partial charge in [-0.3, -0.25) is 0 Å². The molecule has 37 valence electrons. The fourth-order valence-corrected chi connectivity index (χ4v) is 0.680. The molecule has 0 aromatic carbocycles. The zero-order valence-electron chi connectivity index (χ0n) is 4.00. The Bertz CT molecular complexity index is 68.2. The van der Waals surface area contributed by atoms with Gasteiger partial charge in [0, 0.05) is 8.41 Å². The molecule has 0 amide bonds. The maximum atomic E-state index is 2.04. The first-order valence-electron chi connectivity index (χ1n) is 1.47. The summed E-state index contributed by atoms with van der Waals surface area (Å²) in [5, 5.41) is 4.08. The monoisotopic (exact) mass is 112 g/mol. The van der Waals surface area contributed by atoms with Crippen LogP contribution in [0.25, 0.3) is 0 Å². The van der Waals surface area contributed by atoms with E-state index in [1.807, 2.05) is 22.9 Å². The summed E-state index contributed by atoms with van der Waals surface area (Å²) in [4.78, 5) is 0. The van der Waals surface area contributed by atoms with Crippen molar-refractivity contribution >= 4 is 19.7 Å². The summed E-state index contributed by atoms with van der Waals surface area (Å²) in [5.74, 6) is 0. The lowest BCUT2D eigenvalue weighted by atomic mass is 10.7. The highest BCUT2D eigenvalue weighted by Crippen LogP contribution is 1.91. The molecule has 0 aliphatic carbocycles. The second kappa shape index (κ2) is 5.72. The van der Waals surface area contributed by atoms with Crippen molar-refractivity contribution < 1.29 is 0 Å². The van der Waals surface area contributed by atoms with Gasteiger partial charge in [0.2, 0.25) is 0 Å². The molecule has 1 aromatic heterocycles. The molecule has 0 aliphatic rings. The summed E-state index contributed by atoms with van der Waals surface area (Å²) in [7, 11) is 0. The zero-order valence-corrected chi connectivity index (χ0v) is 4.82. The molecule has 7 heavy (non-hydrogen) atoms. The normalized spacial score (nSPS) is 5.71. The topological polar surface area (TPSA) is 35.0 Å². The van der Waals surface area contributed by atoms with Crippen molar-refractivity contribution in [3.8, 4) is 0 Å². The molecular formula is C4H7BNS. The van der Waals surface area contributed by atoms with Crippen molar-refractivity contribution in [2.45, 2.75) is 0 Å². The van der Waals surface area contributed by atoms with Gasteiger partial charge in [-0.05, 0) is 10.8 Å². The summed E-state index contributed by atoms with van der Waals surface area (Å²) in [6.45, 7) is 0. The molecule has 3 radical (unpaired) electrons. The van der Waals surface area contributed by atoms with Crippen LogP contribution in [0.2, 0.25) is 0 Å². The van der Waals surface area contributed by atoms with Crippen molar-refractivity contribution in [1.82, 2.24) is 6.15 Å². The van der Waals surface area contributed by atoms with E-state index in [2.05, 4.69) is 0 Å². The molecule has 0 fully saturated rings. The Morgan fingerprint density at radius 3 is 1.57 bits per heavy atom. The first-order valence-corrected chi connectivity index (χ1v) is 2.41. The van der Waals surface area contributed by atoms with Crippen LogP contribution in [0.4, 0.5) is 0 Å². The molecule has 3 N–H and O–H groups in total. The SMILES string of the molecule is N.[B].c1ccsc1. The number of rotatable bonds is 0. The third-order valence-electron chi connectivity index (χ3n) is 0.425. The Balaban J connectivity index is 0. The molecule has 0 unspecified atom stereocenters. The lowest BCUT2D eigenvalue weighted by molar-refractivity contribution is 2.03. The molecule has 1 nitrogen and oxygen atoms in total. The van der Waals surface area contributed by atoms with Gasteiger partial charge in [-0.15, -0.1) is 0 Å². The van der Waals surface area contributed by atoms with Crippen molar-refractivity contribution in [3.05, 3.63) is 22.9 Å². The number of hydrogen-bond acceptors (Lipinski definition) is 2. The third kappa shape index (κ3) is 3.56. The minimum Gasteiger partial charge on any atom is -0.344 e. The molecule has 1 aromatic rings. The summed E-state index contributed by atoms with van der Waals surface area (Å²) < 4.78 is 0. The molecule has 3 heteroatoms. The average Bonchev–Trinajstić information content (AvgIpc) is 1.76. The lowest BCUT2D eigenvalue weighted by Gasteiger charge is -1.39. The van der Waals surface area contributed by atoms with Crippen LogP contribution < -0.4 is 6.15 Å². The van der Waals surface area contributed by atoms with Gasteiger partial charge in [-0.2, -0.15) is 11.3 Å². The Kier molecular flexibility index (Phi) is 8.07. The van der Waals surface area contributed by atoms with Crippen molar-refractivity contribution in [3.63, 3.8) is 0 Å². The maximum absolute atomic E-state index is 2.04. The minimum absolute atomic E-state index is 0. The maximum Gasteiger partial charge on any atom is 0 e. The smallest absolute Gasteiger partial charge is 0 e. The van der Waals surface area contributed by atoms with Crippen LogP contribution in [0.1, 0.15) is 0 Å². The molecule has 0 saturated carbocycles. The van der Waals surface area contributed by atoms with Gasteiger partial charge in [0.1, 0.15) is 0 Å². The van der Waals surface area contributed by atoms with Gasteiger partial charge in [-0.1, -0.05) is 12.1 Å². The Hall–Kier alpha value is -0.275. The summed E-state index contributed by atoms with van der Waals surface area (Å²) in [6, 6.07) is 4.04. The number of thiophene rings is 1. The van der Waals surface area contributed by atoms with Crippen LogP contribution in [-0.4, -0.2) is 8.41 Å². The molecule has 1 rings (SSSR count). The van der Waals surface area contributed by atoms with E-state index in [1.54, 1.807) is 11.3 Å². The standard InChI is InChI=1S/C4H4S.B.H3N/c1-2-4-5-3-1;;/h1-4H;;1H3. The highest BCUT2D eigenvalue weighted by Gasteiger charge is 1.58. The predicted octanol–water partition coefficient (Wildman–Crippen LogP) is 1.53. The van der Waals surface area contributed by atoms with E-state index in [0.29, 0.717) is 0 Å². The van der Waals surface area contributed by atoms with Crippen LogP contribution in [0.3, 0.4) is 0 Å². The van der Waals surface area contributed by atoms with Gasteiger partial charge in [-0.25, -0.2) is 0 Å². The van der Waals surface area contributed by atoms with E-state index in [0.717, 1.165) is 0 Å². The van der Waals surface area contributed by atoms with E-state index in [4.69, 9.17) is 0 Å². The van der Waals surface area contributed by atoms with Crippen molar-refractivity contribution in [2.75, 3.05) is 0 Å². The van der Waals surface area contributed by atoms with E-state index >= 15 is 0 Å². The van der Waals surface area contributed by atoms with E-state index in [1.165, 1.54) is 0 Å². The molecule has 0 atom stereocenters. The van der Waals surface area contributed by atoms with Crippen molar-refractivity contribution in [1.29, 1.82) is 0 Å². The van der Waals surface area contributed by atoms with Crippen LogP contribution in [0, 0.1) is 0 Å². The van der Waals surface area contributed by atoms with Crippen LogP contribution in [-0.2, 0) is 0 Å². The summed E-state index contributed by atoms with van der Waals surface area (Å²) >= 11 is 1.71. The van der Waals surface area contributed by atoms with E-state index in [9.17, 15) is 0 Å². The molecule has 0 bridgehead atoms. The van der Waals surface area contributed by atoms with E-state index < -0.39 is 0 Å². The van der Waals surface area contributed by atoms with Crippen LogP contribution >= 0.6 is 11.3 Å². The average molecular weight is 112 g/mol. The third-order valence-corrected chi connectivity index (χ3v) is 1.05. The Morgan fingerprint density at radius 1 is 1.00 bits per heavy atom. The van der Waals surface area contributed by atoms with Gasteiger partial charge < -0.3 is 6.15 Å². The minimum atomic E-state index is 0. The largest absolute Gasteiger partial charge is 0.344 e. The highest BCUT2D eigenvalue weighted by atomic mass is 32.1. The second-order valence-electron chi connectivity index (χ2n) is 0.793.